The molecule has 0 unspecified atom stereocenters. The number of aliphatic carboxylic acids is 1. The highest BCUT2D eigenvalue weighted by Crippen LogP contribution is 2.27. The quantitative estimate of drug-likeness (QED) is 0.742. The van der Waals surface area contributed by atoms with Crippen LogP contribution in [0.2, 0.25) is 0 Å². The van der Waals surface area contributed by atoms with E-state index in [9.17, 15) is 13.2 Å². The summed E-state index contributed by atoms with van der Waals surface area (Å²) in [7, 11) is -3.22. The molecule has 1 fully saturated rings. The second-order valence-electron chi connectivity index (χ2n) is 4.12. The molecule has 0 aromatic carbocycles. The molecule has 0 spiro atoms. The van der Waals surface area contributed by atoms with Crippen LogP contribution in [0, 0.1) is 0 Å². The first-order valence-corrected chi connectivity index (χ1v) is 6.09. The largest absolute Gasteiger partial charge is 0.481 e. The molecule has 1 saturated heterocycles. The molecule has 82 valence electrons. The van der Waals surface area contributed by atoms with Crippen LogP contribution in [-0.2, 0) is 14.8 Å². The molecule has 0 aromatic heterocycles. The van der Waals surface area contributed by atoms with Gasteiger partial charge in [-0.3, -0.25) is 4.79 Å². The number of hydrogen-bond acceptors (Lipinski definition) is 3. The minimum absolute atomic E-state index is 0.135. The van der Waals surface area contributed by atoms with Gasteiger partial charge in [-0.2, -0.15) is 4.31 Å². The van der Waals surface area contributed by atoms with Crippen LogP contribution in [0.5, 0.6) is 0 Å². The Kier molecular flexibility index (Phi) is 2.87. The van der Waals surface area contributed by atoms with Crippen LogP contribution in [-0.4, -0.2) is 41.6 Å². The maximum Gasteiger partial charge on any atom is 0.305 e. The lowest BCUT2D eigenvalue weighted by atomic mass is 10.0. The number of rotatable bonds is 3. The molecule has 5 nitrogen and oxygen atoms in total. The highest BCUT2D eigenvalue weighted by molar-refractivity contribution is 7.89. The number of hydrogen-bond donors (Lipinski definition) is 1. The van der Waals surface area contributed by atoms with Crippen molar-refractivity contribution in [2.45, 2.75) is 32.2 Å². The standard InChI is InChI=1S/C8H15NO4S/c1-8(2,6-7(10)11)9-4-3-5-14(9,12)13/h3-6H2,1-2H3,(H,10,11). The van der Waals surface area contributed by atoms with Crippen LogP contribution < -0.4 is 0 Å². The monoisotopic (exact) mass is 221 g/mol. The zero-order valence-corrected chi connectivity index (χ0v) is 9.17. The highest BCUT2D eigenvalue weighted by Gasteiger charge is 2.40. The smallest absolute Gasteiger partial charge is 0.305 e. The average molecular weight is 221 g/mol. The molecule has 1 heterocycles. The lowest BCUT2D eigenvalue weighted by Crippen LogP contribution is -2.46. The van der Waals surface area contributed by atoms with Gasteiger partial charge in [-0.25, -0.2) is 8.42 Å². The van der Waals surface area contributed by atoms with Gasteiger partial charge in [0.15, 0.2) is 0 Å². The van der Waals surface area contributed by atoms with E-state index in [1.165, 1.54) is 4.31 Å². The molecule has 0 saturated carbocycles. The molecule has 1 rings (SSSR count). The summed E-state index contributed by atoms with van der Waals surface area (Å²) < 4.78 is 24.3. The van der Waals surface area contributed by atoms with Gasteiger partial charge in [0.2, 0.25) is 10.0 Å². The number of carboxylic acid groups (broad SMARTS) is 1. The van der Waals surface area contributed by atoms with Crippen molar-refractivity contribution in [2.24, 2.45) is 0 Å². The molecule has 14 heavy (non-hydrogen) atoms. The molecule has 0 aromatic rings. The van der Waals surface area contributed by atoms with Gasteiger partial charge in [-0.15, -0.1) is 0 Å². The number of sulfonamides is 1. The van der Waals surface area contributed by atoms with Gasteiger partial charge in [0.25, 0.3) is 0 Å². The predicted molar refractivity (Wildman–Crippen MR) is 51.4 cm³/mol. The molecule has 0 aliphatic carbocycles. The summed E-state index contributed by atoms with van der Waals surface area (Å²) in [5, 5.41) is 8.66. The van der Waals surface area contributed by atoms with Crippen molar-refractivity contribution in [1.82, 2.24) is 4.31 Å². The van der Waals surface area contributed by atoms with Gasteiger partial charge in [-0.05, 0) is 20.3 Å². The summed E-state index contributed by atoms with van der Waals surface area (Å²) in [6, 6.07) is 0. The third-order valence-electron chi connectivity index (χ3n) is 2.36. The summed E-state index contributed by atoms with van der Waals surface area (Å²) in [6.07, 6.45) is 0.428. The molecular weight excluding hydrogens is 206 g/mol. The number of carboxylic acids is 1. The molecule has 0 amide bonds. The van der Waals surface area contributed by atoms with Crippen LogP contribution in [0.3, 0.4) is 0 Å². The normalized spacial score (nSPS) is 22.4. The summed E-state index contributed by atoms with van der Waals surface area (Å²) in [6.45, 7) is 3.72. The van der Waals surface area contributed by atoms with Crippen molar-refractivity contribution < 1.29 is 18.3 Å². The maximum atomic E-state index is 11.5. The first-order valence-electron chi connectivity index (χ1n) is 4.48. The second-order valence-corrected chi connectivity index (χ2v) is 6.14. The minimum atomic E-state index is -3.22. The Bertz CT molecular complexity index is 333. The van der Waals surface area contributed by atoms with E-state index in [0.29, 0.717) is 13.0 Å². The van der Waals surface area contributed by atoms with Gasteiger partial charge < -0.3 is 5.11 Å². The third kappa shape index (κ3) is 2.24. The van der Waals surface area contributed by atoms with Crippen molar-refractivity contribution in [3.05, 3.63) is 0 Å². The van der Waals surface area contributed by atoms with E-state index >= 15 is 0 Å². The van der Waals surface area contributed by atoms with E-state index in [0.717, 1.165) is 0 Å². The van der Waals surface area contributed by atoms with E-state index in [1.807, 2.05) is 0 Å². The van der Waals surface area contributed by atoms with E-state index < -0.39 is 21.5 Å². The fourth-order valence-electron chi connectivity index (χ4n) is 1.78. The molecule has 0 atom stereocenters. The van der Waals surface area contributed by atoms with E-state index in [4.69, 9.17) is 5.11 Å². The Morgan fingerprint density at radius 3 is 2.43 bits per heavy atom. The lowest BCUT2D eigenvalue weighted by Gasteiger charge is -2.32. The first kappa shape index (κ1) is 11.5. The number of nitrogens with zero attached hydrogens (tertiary/aromatic N) is 1. The van der Waals surface area contributed by atoms with Gasteiger partial charge in [0.05, 0.1) is 12.2 Å². The fourth-order valence-corrected chi connectivity index (χ4v) is 3.72. The lowest BCUT2D eigenvalue weighted by molar-refractivity contribution is -0.139. The van der Waals surface area contributed by atoms with Crippen molar-refractivity contribution in [3.63, 3.8) is 0 Å². The number of carbonyl (C=O) groups is 1. The zero-order chi connectivity index (χ0) is 11.0. The van der Waals surface area contributed by atoms with Crippen LogP contribution in [0.1, 0.15) is 26.7 Å². The van der Waals surface area contributed by atoms with Crippen LogP contribution in [0.25, 0.3) is 0 Å². The van der Waals surface area contributed by atoms with E-state index in [1.54, 1.807) is 13.8 Å². The molecule has 1 aliphatic heterocycles. The Balaban J connectivity index is 2.87. The third-order valence-corrected chi connectivity index (χ3v) is 4.51. The molecule has 0 radical (unpaired) electrons. The topological polar surface area (TPSA) is 74.7 Å². The zero-order valence-electron chi connectivity index (χ0n) is 8.36. The Morgan fingerprint density at radius 1 is 1.50 bits per heavy atom. The highest BCUT2D eigenvalue weighted by atomic mass is 32.2. The van der Waals surface area contributed by atoms with Crippen LogP contribution in [0.15, 0.2) is 0 Å². The average Bonchev–Trinajstić information content (AvgIpc) is 2.26. The van der Waals surface area contributed by atoms with Gasteiger partial charge >= 0.3 is 5.97 Å². The minimum Gasteiger partial charge on any atom is -0.481 e. The van der Waals surface area contributed by atoms with E-state index in [-0.39, 0.29) is 12.2 Å². The maximum absolute atomic E-state index is 11.5. The van der Waals surface area contributed by atoms with Gasteiger partial charge in [0, 0.05) is 12.1 Å². The Labute approximate surface area is 83.8 Å². The van der Waals surface area contributed by atoms with Crippen molar-refractivity contribution in [1.29, 1.82) is 0 Å². The van der Waals surface area contributed by atoms with Crippen LogP contribution in [0.4, 0.5) is 0 Å². The first-order chi connectivity index (χ1) is 6.26. The Hall–Kier alpha value is -0.620. The summed E-state index contributed by atoms with van der Waals surface area (Å²) in [4.78, 5) is 10.6. The SMILES string of the molecule is CC(C)(CC(=O)O)N1CCCS1(=O)=O. The summed E-state index contributed by atoms with van der Waals surface area (Å²) >= 11 is 0. The summed E-state index contributed by atoms with van der Waals surface area (Å²) in [5.74, 6) is -0.840. The van der Waals surface area contributed by atoms with Crippen molar-refractivity contribution in [3.8, 4) is 0 Å². The molecule has 6 heteroatoms. The van der Waals surface area contributed by atoms with Gasteiger partial charge in [-0.1, -0.05) is 0 Å². The molecular formula is C8H15NO4S. The predicted octanol–water partition coefficient (Wildman–Crippen LogP) is 0.275. The van der Waals surface area contributed by atoms with E-state index in [2.05, 4.69) is 0 Å². The molecule has 1 N–H and O–H groups in total. The van der Waals surface area contributed by atoms with Crippen molar-refractivity contribution in [2.75, 3.05) is 12.3 Å². The van der Waals surface area contributed by atoms with Crippen molar-refractivity contribution >= 4 is 16.0 Å². The molecule has 0 bridgehead atoms. The Morgan fingerprint density at radius 2 is 2.07 bits per heavy atom. The second kappa shape index (κ2) is 3.51. The fraction of sp³-hybridized carbons (Fsp3) is 0.875. The van der Waals surface area contributed by atoms with Gasteiger partial charge in [0.1, 0.15) is 0 Å². The summed E-state index contributed by atoms with van der Waals surface area (Å²) in [5.41, 5.74) is -0.818. The molecule has 1 aliphatic rings. The van der Waals surface area contributed by atoms with Crippen LogP contribution >= 0.6 is 0 Å².